The summed E-state index contributed by atoms with van der Waals surface area (Å²) in [6.07, 6.45) is 9.28. The van der Waals surface area contributed by atoms with Crippen molar-refractivity contribution < 1.29 is 14.3 Å². The van der Waals surface area contributed by atoms with Crippen molar-refractivity contribution in [3.63, 3.8) is 0 Å². The quantitative estimate of drug-likeness (QED) is 0.798. The van der Waals surface area contributed by atoms with Crippen LogP contribution in [0.25, 0.3) is 0 Å². The molecule has 0 atom stereocenters. The zero-order valence-corrected chi connectivity index (χ0v) is 14.8. The van der Waals surface area contributed by atoms with Crippen molar-refractivity contribution in [2.45, 2.75) is 38.1 Å². The number of ether oxygens (including phenoxy) is 1. The van der Waals surface area contributed by atoms with Crippen LogP contribution in [0.3, 0.4) is 0 Å². The first kappa shape index (κ1) is 17.9. The van der Waals surface area contributed by atoms with Gasteiger partial charge in [0.2, 0.25) is 0 Å². The molecular weight excluding hydrogens is 330 g/mol. The second-order valence-electron chi connectivity index (χ2n) is 6.43. The predicted octanol–water partition coefficient (Wildman–Crippen LogP) is 3.87. The van der Waals surface area contributed by atoms with Crippen LogP contribution in [0.4, 0.5) is 11.4 Å². The molecule has 26 heavy (non-hydrogen) atoms. The highest BCUT2D eigenvalue weighted by Crippen LogP contribution is 2.22. The molecule has 1 aromatic carbocycles. The van der Waals surface area contributed by atoms with E-state index < -0.39 is 5.97 Å². The average Bonchev–Trinajstić information content (AvgIpc) is 2.69. The Kier molecular flexibility index (Phi) is 5.84. The molecule has 0 radical (unpaired) electrons. The lowest BCUT2D eigenvalue weighted by molar-refractivity contribution is 0.0602. The fourth-order valence-electron chi connectivity index (χ4n) is 3.20. The summed E-state index contributed by atoms with van der Waals surface area (Å²) in [7, 11) is 1.31. The van der Waals surface area contributed by atoms with E-state index in [-0.39, 0.29) is 5.91 Å². The van der Waals surface area contributed by atoms with Crippen molar-refractivity contribution in [1.82, 2.24) is 4.98 Å². The number of methoxy groups -OCH3 is 1. The number of carbonyl (C=O) groups is 2. The third-order valence-corrected chi connectivity index (χ3v) is 4.56. The lowest BCUT2D eigenvalue weighted by Crippen LogP contribution is -2.22. The molecule has 1 amide bonds. The predicted molar refractivity (Wildman–Crippen MR) is 100 cm³/mol. The van der Waals surface area contributed by atoms with Gasteiger partial charge in [-0.2, -0.15) is 0 Å². The van der Waals surface area contributed by atoms with Crippen LogP contribution >= 0.6 is 0 Å². The molecular formula is C20H23N3O3. The molecule has 1 fully saturated rings. The number of nitrogens with one attached hydrogen (secondary N) is 2. The van der Waals surface area contributed by atoms with Crippen molar-refractivity contribution in [2.75, 3.05) is 17.7 Å². The van der Waals surface area contributed by atoms with Gasteiger partial charge in [0.1, 0.15) is 0 Å². The first-order valence-electron chi connectivity index (χ1n) is 8.87. The Morgan fingerprint density at radius 1 is 1.12 bits per heavy atom. The Morgan fingerprint density at radius 3 is 2.65 bits per heavy atom. The van der Waals surface area contributed by atoms with Gasteiger partial charge in [-0.05, 0) is 31.0 Å². The second kappa shape index (κ2) is 8.47. The van der Waals surface area contributed by atoms with E-state index in [9.17, 15) is 9.59 Å². The monoisotopic (exact) mass is 353 g/mol. The number of para-hydroxylation sites is 1. The number of carbonyl (C=O) groups excluding carboxylic acids is 2. The molecule has 1 saturated carbocycles. The number of amides is 1. The van der Waals surface area contributed by atoms with Crippen LogP contribution < -0.4 is 10.6 Å². The van der Waals surface area contributed by atoms with E-state index in [4.69, 9.17) is 4.74 Å². The molecule has 2 aromatic rings. The number of aromatic nitrogens is 1. The molecule has 0 saturated heterocycles. The topological polar surface area (TPSA) is 80.3 Å². The Hall–Kier alpha value is -2.89. The number of pyridine rings is 1. The minimum absolute atomic E-state index is 0.313. The van der Waals surface area contributed by atoms with E-state index in [0.29, 0.717) is 22.9 Å². The lowest BCUT2D eigenvalue weighted by Gasteiger charge is -2.23. The molecule has 6 heteroatoms. The van der Waals surface area contributed by atoms with Crippen LogP contribution in [-0.4, -0.2) is 30.0 Å². The number of hydrogen-bond acceptors (Lipinski definition) is 5. The number of nitrogens with zero attached hydrogens (tertiary/aromatic N) is 1. The molecule has 1 aliphatic rings. The summed E-state index contributed by atoms with van der Waals surface area (Å²) >= 11 is 0. The fraction of sp³-hybridized carbons (Fsp3) is 0.350. The molecule has 136 valence electrons. The van der Waals surface area contributed by atoms with Crippen LogP contribution in [0.15, 0.2) is 42.7 Å². The van der Waals surface area contributed by atoms with Crippen LogP contribution in [0.1, 0.15) is 52.8 Å². The second-order valence-corrected chi connectivity index (χ2v) is 6.43. The first-order valence-corrected chi connectivity index (χ1v) is 8.87. The minimum atomic E-state index is -0.494. The van der Waals surface area contributed by atoms with Crippen molar-refractivity contribution in [2.24, 2.45) is 0 Å². The van der Waals surface area contributed by atoms with Crippen LogP contribution in [0.2, 0.25) is 0 Å². The summed E-state index contributed by atoms with van der Waals surface area (Å²) in [6.45, 7) is 0. The van der Waals surface area contributed by atoms with Crippen molar-refractivity contribution in [1.29, 1.82) is 0 Å². The molecule has 0 bridgehead atoms. The van der Waals surface area contributed by atoms with E-state index in [0.717, 1.165) is 18.5 Å². The zero-order chi connectivity index (χ0) is 18.4. The van der Waals surface area contributed by atoms with Gasteiger partial charge in [-0.1, -0.05) is 31.4 Å². The van der Waals surface area contributed by atoms with Gasteiger partial charge in [-0.25, -0.2) is 4.79 Å². The van der Waals surface area contributed by atoms with Gasteiger partial charge in [-0.3, -0.25) is 9.78 Å². The lowest BCUT2D eigenvalue weighted by atomic mass is 9.95. The third-order valence-electron chi connectivity index (χ3n) is 4.56. The van der Waals surface area contributed by atoms with Gasteiger partial charge in [0.05, 0.1) is 29.6 Å². The summed E-state index contributed by atoms with van der Waals surface area (Å²) in [4.78, 5) is 28.6. The summed E-state index contributed by atoms with van der Waals surface area (Å²) in [5, 5.41) is 6.23. The molecule has 3 rings (SSSR count). The molecule has 0 aliphatic heterocycles. The Bertz CT molecular complexity index is 785. The normalized spacial score (nSPS) is 14.5. The molecule has 1 aliphatic carbocycles. The molecule has 6 nitrogen and oxygen atoms in total. The fourth-order valence-corrected chi connectivity index (χ4v) is 3.20. The van der Waals surface area contributed by atoms with Crippen molar-refractivity contribution in [3.8, 4) is 0 Å². The highest BCUT2D eigenvalue weighted by molar-refractivity contribution is 6.08. The molecule has 2 N–H and O–H groups in total. The van der Waals surface area contributed by atoms with Gasteiger partial charge < -0.3 is 15.4 Å². The summed E-state index contributed by atoms with van der Waals surface area (Å²) in [5.41, 5.74) is 2.00. The van der Waals surface area contributed by atoms with E-state index in [1.54, 1.807) is 36.5 Å². The highest BCUT2D eigenvalue weighted by atomic mass is 16.5. The van der Waals surface area contributed by atoms with E-state index >= 15 is 0 Å². The Labute approximate surface area is 153 Å². The van der Waals surface area contributed by atoms with E-state index in [1.165, 1.54) is 32.6 Å². The van der Waals surface area contributed by atoms with Gasteiger partial charge in [0.25, 0.3) is 5.91 Å². The van der Waals surface area contributed by atoms with E-state index in [1.807, 2.05) is 0 Å². The number of hydrogen-bond donors (Lipinski definition) is 2. The standard InChI is InChI=1S/C20H23N3O3/c1-26-20(25)17-9-5-6-10-18(17)23-19(24)14-11-16(13-21-12-14)22-15-7-3-2-4-8-15/h5-6,9-13,15,22H,2-4,7-8H2,1H3,(H,23,24). The maximum atomic E-state index is 12.6. The number of rotatable bonds is 5. The first-order chi connectivity index (χ1) is 12.7. The molecule has 1 heterocycles. The van der Waals surface area contributed by atoms with Crippen LogP contribution in [0, 0.1) is 0 Å². The van der Waals surface area contributed by atoms with Gasteiger partial charge >= 0.3 is 5.97 Å². The highest BCUT2D eigenvalue weighted by Gasteiger charge is 2.16. The van der Waals surface area contributed by atoms with Crippen molar-refractivity contribution >= 4 is 23.3 Å². The zero-order valence-electron chi connectivity index (χ0n) is 14.8. The van der Waals surface area contributed by atoms with Crippen molar-refractivity contribution in [3.05, 3.63) is 53.9 Å². The Balaban J connectivity index is 1.72. The van der Waals surface area contributed by atoms with E-state index in [2.05, 4.69) is 15.6 Å². The SMILES string of the molecule is COC(=O)c1ccccc1NC(=O)c1cncc(NC2CCCCC2)c1. The smallest absolute Gasteiger partial charge is 0.339 e. The summed E-state index contributed by atoms with van der Waals surface area (Å²) in [5.74, 6) is -0.812. The molecule has 0 spiro atoms. The summed E-state index contributed by atoms with van der Waals surface area (Å²) in [6, 6.07) is 8.98. The average molecular weight is 353 g/mol. The number of benzene rings is 1. The molecule has 1 aromatic heterocycles. The van der Waals surface area contributed by atoms with Gasteiger partial charge in [0.15, 0.2) is 0 Å². The maximum absolute atomic E-state index is 12.6. The third kappa shape index (κ3) is 4.39. The van der Waals surface area contributed by atoms with Gasteiger partial charge in [-0.15, -0.1) is 0 Å². The summed E-state index contributed by atoms with van der Waals surface area (Å²) < 4.78 is 4.76. The van der Waals surface area contributed by atoms with Crippen LogP contribution in [-0.2, 0) is 4.74 Å². The number of anilines is 2. The minimum Gasteiger partial charge on any atom is -0.465 e. The van der Waals surface area contributed by atoms with Gasteiger partial charge in [0, 0.05) is 18.4 Å². The maximum Gasteiger partial charge on any atom is 0.339 e. The Morgan fingerprint density at radius 2 is 1.88 bits per heavy atom. The largest absolute Gasteiger partial charge is 0.465 e. The van der Waals surface area contributed by atoms with Crippen LogP contribution in [0.5, 0.6) is 0 Å². The molecule has 0 unspecified atom stereocenters. The number of esters is 1.